The van der Waals surface area contributed by atoms with Crippen LogP contribution >= 0.6 is 0 Å². The van der Waals surface area contributed by atoms with E-state index >= 15 is 0 Å². The van der Waals surface area contributed by atoms with Gasteiger partial charge in [-0.1, -0.05) is 72.8 Å². The third-order valence-electron chi connectivity index (χ3n) is 8.02. The molecule has 0 N–H and O–H groups in total. The molecule has 0 fully saturated rings. The van der Waals surface area contributed by atoms with E-state index in [0.29, 0.717) is 5.89 Å². The maximum Gasteiger partial charge on any atom is 0.227 e. The number of para-hydroxylation sites is 2. The standard InChI is InChI=1S/C38H27N3O/c1-40-35-24-19-28(25-33(35)32-22-23-34-37(36(32)40)42-38(39-34)27-11-5-2-6-12-27)26-17-20-31(21-18-26)41(29-13-7-3-8-14-29)30-15-9-4-10-16-30/h2-25H,1H3. The number of nitrogens with zero attached hydrogens (tertiary/aromatic N) is 3. The van der Waals surface area contributed by atoms with Gasteiger partial charge in [0.15, 0.2) is 5.58 Å². The van der Waals surface area contributed by atoms with Crippen LogP contribution in [0.2, 0.25) is 0 Å². The maximum absolute atomic E-state index is 6.36. The van der Waals surface area contributed by atoms with Crippen LogP contribution in [0.25, 0.3) is 55.5 Å². The fourth-order valence-corrected chi connectivity index (χ4v) is 5.98. The normalized spacial score (nSPS) is 11.5. The fraction of sp³-hybridized carbons (Fsp3) is 0.0263. The summed E-state index contributed by atoms with van der Waals surface area (Å²) < 4.78 is 8.58. The maximum atomic E-state index is 6.36. The molecule has 0 aliphatic heterocycles. The highest BCUT2D eigenvalue weighted by Gasteiger charge is 2.18. The molecular weight excluding hydrogens is 514 g/mol. The van der Waals surface area contributed by atoms with Crippen molar-refractivity contribution in [2.75, 3.05) is 4.90 Å². The van der Waals surface area contributed by atoms with Gasteiger partial charge < -0.3 is 13.9 Å². The highest BCUT2D eigenvalue weighted by molar-refractivity contribution is 6.16. The minimum Gasteiger partial charge on any atom is -0.434 e. The first-order chi connectivity index (χ1) is 20.7. The fourth-order valence-electron chi connectivity index (χ4n) is 5.98. The van der Waals surface area contributed by atoms with Crippen LogP contribution in [0.4, 0.5) is 17.1 Å². The average molecular weight is 542 g/mol. The third kappa shape index (κ3) is 3.96. The van der Waals surface area contributed by atoms with Gasteiger partial charge in [-0.2, -0.15) is 0 Å². The highest BCUT2D eigenvalue weighted by atomic mass is 16.3. The first-order valence-electron chi connectivity index (χ1n) is 14.1. The molecule has 2 aromatic heterocycles. The molecule has 8 aromatic rings. The van der Waals surface area contributed by atoms with Crippen molar-refractivity contribution >= 4 is 50.0 Å². The van der Waals surface area contributed by atoms with E-state index in [1.807, 2.05) is 30.3 Å². The zero-order chi connectivity index (χ0) is 28.0. The van der Waals surface area contributed by atoms with E-state index in [1.54, 1.807) is 0 Å². The van der Waals surface area contributed by atoms with Crippen LogP contribution in [0, 0.1) is 0 Å². The van der Waals surface area contributed by atoms with Crippen molar-refractivity contribution in [2.24, 2.45) is 7.05 Å². The second kappa shape index (κ2) is 9.79. The van der Waals surface area contributed by atoms with Gasteiger partial charge in [-0.3, -0.25) is 0 Å². The number of fused-ring (bicyclic) bond motifs is 5. The Labute approximate surface area is 243 Å². The Hall–Kier alpha value is -5.61. The monoisotopic (exact) mass is 541 g/mol. The largest absolute Gasteiger partial charge is 0.434 e. The summed E-state index contributed by atoms with van der Waals surface area (Å²) in [5, 5.41) is 2.36. The molecule has 0 unspecified atom stereocenters. The number of hydrogen-bond donors (Lipinski definition) is 0. The van der Waals surface area contributed by atoms with Crippen LogP contribution in [0.15, 0.2) is 150 Å². The molecule has 0 radical (unpaired) electrons. The number of anilines is 3. The van der Waals surface area contributed by atoms with Crippen molar-refractivity contribution in [3.05, 3.63) is 146 Å². The second-order valence-corrected chi connectivity index (χ2v) is 10.5. The van der Waals surface area contributed by atoms with Gasteiger partial charge >= 0.3 is 0 Å². The molecule has 42 heavy (non-hydrogen) atoms. The Morgan fingerprint density at radius 3 is 1.81 bits per heavy atom. The lowest BCUT2D eigenvalue weighted by Gasteiger charge is -2.25. The number of aromatic nitrogens is 2. The summed E-state index contributed by atoms with van der Waals surface area (Å²) in [7, 11) is 2.10. The molecule has 200 valence electrons. The van der Waals surface area contributed by atoms with Gasteiger partial charge in [0.05, 0.1) is 5.52 Å². The summed E-state index contributed by atoms with van der Waals surface area (Å²) in [5.74, 6) is 0.643. The molecule has 0 saturated carbocycles. The first kappa shape index (κ1) is 24.2. The number of hydrogen-bond acceptors (Lipinski definition) is 3. The summed E-state index contributed by atoms with van der Waals surface area (Å²) in [6.07, 6.45) is 0. The molecule has 6 aromatic carbocycles. The molecule has 0 aliphatic carbocycles. The minimum absolute atomic E-state index is 0.643. The van der Waals surface area contributed by atoms with Crippen molar-refractivity contribution in [1.82, 2.24) is 9.55 Å². The Morgan fingerprint density at radius 1 is 0.548 bits per heavy atom. The van der Waals surface area contributed by atoms with Crippen molar-refractivity contribution in [2.45, 2.75) is 0 Å². The van der Waals surface area contributed by atoms with Crippen molar-refractivity contribution in [1.29, 1.82) is 0 Å². The smallest absolute Gasteiger partial charge is 0.227 e. The summed E-state index contributed by atoms with van der Waals surface area (Å²) >= 11 is 0. The van der Waals surface area contributed by atoms with Crippen LogP contribution in [-0.2, 0) is 7.05 Å². The van der Waals surface area contributed by atoms with Gasteiger partial charge in [0.2, 0.25) is 5.89 Å². The highest BCUT2D eigenvalue weighted by Crippen LogP contribution is 2.39. The predicted molar refractivity (Wildman–Crippen MR) is 174 cm³/mol. The molecule has 0 amide bonds. The molecule has 4 nitrogen and oxygen atoms in total. The summed E-state index contributed by atoms with van der Waals surface area (Å²) in [4.78, 5) is 7.07. The van der Waals surface area contributed by atoms with Crippen molar-refractivity contribution in [3.63, 3.8) is 0 Å². The van der Waals surface area contributed by atoms with E-state index < -0.39 is 0 Å². The van der Waals surface area contributed by atoms with E-state index in [-0.39, 0.29) is 0 Å². The SMILES string of the molecule is Cn1c2ccc(-c3ccc(N(c4ccccc4)c4ccccc4)cc3)cc2c2ccc3nc(-c4ccccc4)oc3c21. The Morgan fingerprint density at radius 2 is 1.14 bits per heavy atom. The van der Waals surface area contributed by atoms with E-state index in [1.165, 1.54) is 16.5 Å². The van der Waals surface area contributed by atoms with Crippen molar-refractivity contribution in [3.8, 4) is 22.6 Å². The molecule has 0 saturated heterocycles. The van der Waals surface area contributed by atoms with E-state index in [2.05, 4.69) is 132 Å². The van der Waals surface area contributed by atoms with Gasteiger partial charge in [0.1, 0.15) is 5.52 Å². The summed E-state index contributed by atoms with van der Waals surface area (Å²) in [6.45, 7) is 0. The molecule has 2 heterocycles. The molecule has 8 rings (SSSR count). The zero-order valence-electron chi connectivity index (χ0n) is 23.1. The average Bonchev–Trinajstić information content (AvgIpc) is 3.62. The first-order valence-corrected chi connectivity index (χ1v) is 14.1. The number of rotatable bonds is 5. The quantitative estimate of drug-likeness (QED) is 0.217. The minimum atomic E-state index is 0.643. The molecule has 0 atom stereocenters. The lowest BCUT2D eigenvalue weighted by atomic mass is 10.0. The summed E-state index contributed by atoms with van der Waals surface area (Å²) in [6, 6.07) is 50.8. The molecule has 0 spiro atoms. The van der Waals surface area contributed by atoms with Crippen LogP contribution in [0.5, 0.6) is 0 Å². The predicted octanol–water partition coefficient (Wildman–Crippen LogP) is 10.3. The Bertz CT molecular complexity index is 2140. The lowest BCUT2D eigenvalue weighted by molar-refractivity contribution is 0.621. The number of benzene rings is 6. The van der Waals surface area contributed by atoms with Gasteiger partial charge in [-0.25, -0.2) is 4.98 Å². The van der Waals surface area contributed by atoms with E-state index in [0.717, 1.165) is 50.1 Å². The Kier molecular flexibility index (Phi) is 5.64. The third-order valence-corrected chi connectivity index (χ3v) is 8.02. The van der Waals surface area contributed by atoms with Crippen molar-refractivity contribution < 1.29 is 4.42 Å². The van der Waals surface area contributed by atoms with Gasteiger partial charge in [0.25, 0.3) is 0 Å². The van der Waals surface area contributed by atoms with Crippen LogP contribution < -0.4 is 4.90 Å². The van der Waals surface area contributed by atoms with E-state index in [9.17, 15) is 0 Å². The topological polar surface area (TPSA) is 34.2 Å². The molecule has 4 heteroatoms. The molecule has 0 aliphatic rings. The van der Waals surface area contributed by atoms with Gasteiger partial charge in [-0.05, 0) is 83.9 Å². The lowest BCUT2D eigenvalue weighted by Crippen LogP contribution is -2.09. The van der Waals surface area contributed by atoms with Crippen LogP contribution in [0.1, 0.15) is 0 Å². The zero-order valence-corrected chi connectivity index (χ0v) is 23.1. The second-order valence-electron chi connectivity index (χ2n) is 10.5. The summed E-state index contributed by atoms with van der Waals surface area (Å²) in [5.41, 5.74) is 10.6. The molecular formula is C38H27N3O. The molecule has 0 bridgehead atoms. The van der Waals surface area contributed by atoms with E-state index in [4.69, 9.17) is 9.40 Å². The van der Waals surface area contributed by atoms with Crippen LogP contribution in [0.3, 0.4) is 0 Å². The number of oxazole rings is 1. The van der Waals surface area contributed by atoms with Gasteiger partial charge in [-0.15, -0.1) is 0 Å². The number of aryl methyl sites for hydroxylation is 1. The van der Waals surface area contributed by atoms with Crippen LogP contribution in [-0.4, -0.2) is 9.55 Å². The van der Waals surface area contributed by atoms with Gasteiger partial charge in [0, 0.05) is 46.0 Å². The Balaban J connectivity index is 1.21.